The average molecular weight is 449 g/mol. The number of allylic oxidation sites excluding steroid dienone is 1. The molecule has 5 nitrogen and oxygen atoms in total. The van der Waals surface area contributed by atoms with E-state index in [4.69, 9.17) is 4.74 Å². The average Bonchev–Trinajstić information content (AvgIpc) is 3.42. The summed E-state index contributed by atoms with van der Waals surface area (Å²) in [5.41, 5.74) is 4.39. The Kier molecular flexibility index (Phi) is 4.87. The molecule has 1 aromatic heterocycles. The van der Waals surface area contributed by atoms with Crippen LogP contribution in [0.1, 0.15) is 21.5 Å². The maximum absolute atomic E-state index is 13.3. The highest BCUT2D eigenvalue weighted by molar-refractivity contribution is 8.08. The van der Waals surface area contributed by atoms with E-state index in [1.807, 2.05) is 37.3 Å². The highest BCUT2D eigenvalue weighted by Gasteiger charge is 2.28. The van der Waals surface area contributed by atoms with Gasteiger partial charge in [0.1, 0.15) is 20.0 Å². The molecule has 0 amide bonds. The first-order valence-corrected chi connectivity index (χ1v) is 11.5. The van der Waals surface area contributed by atoms with Crippen LogP contribution < -0.4 is 24.8 Å². The molecule has 5 rings (SSSR count). The Bertz CT molecular complexity index is 1450. The molecular weight excluding hydrogens is 428 g/mol. The first-order valence-electron chi connectivity index (χ1n) is 9.85. The van der Waals surface area contributed by atoms with Gasteiger partial charge in [-0.25, -0.2) is 0 Å². The number of rotatable bonds is 3. The lowest BCUT2D eigenvalue weighted by molar-refractivity contribution is 0.105. The zero-order valence-corrected chi connectivity index (χ0v) is 18.8. The summed E-state index contributed by atoms with van der Waals surface area (Å²) in [5, 5.41) is 4.13. The van der Waals surface area contributed by atoms with Crippen molar-refractivity contribution in [2.75, 3.05) is 12.4 Å². The number of ether oxygens (including phenoxy) is 1. The fourth-order valence-corrected chi connectivity index (χ4v) is 6.25. The van der Waals surface area contributed by atoms with Crippen molar-refractivity contribution in [3.63, 3.8) is 0 Å². The van der Waals surface area contributed by atoms with Gasteiger partial charge in [0.15, 0.2) is 5.78 Å². The van der Waals surface area contributed by atoms with E-state index in [-0.39, 0.29) is 11.3 Å². The molecule has 0 fully saturated rings. The van der Waals surface area contributed by atoms with Crippen LogP contribution in [0.4, 0.5) is 5.69 Å². The van der Waals surface area contributed by atoms with Crippen molar-refractivity contribution in [1.29, 1.82) is 0 Å². The highest BCUT2D eigenvalue weighted by Crippen LogP contribution is 2.42. The molecule has 156 valence electrons. The number of aryl methyl sites for hydroxylation is 1. The number of thiazole rings is 1. The summed E-state index contributed by atoms with van der Waals surface area (Å²) in [5.74, 6) is 0.774. The van der Waals surface area contributed by atoms with Crippen molar-refractivity contribution < 1.29 is 9.53 Å². The molecule has 1 N–H and O–H groups in total. The standard InChI is InChI=1S/C24H20N2O3S2/c1-4-9-26-23(28)21(22-25-18-8-6-15(29-3)12-19(18)30-22)31-24(26)17-11-14-10-13(2)5-7-16(14)20(17)27/h4-8,10,12,25H,1,9,11H2,2-3H3/b22-21+,24-17-. The Morgan fingerprint density at radius 3 is 2.84 bits per heavy atom. The van der Waals surface area contributed by atoms with Gasteiger partial charge in [-0.15, -0.1) is 17.9 Å². The Hall–Kier alpha value is -3.03. The molecule has 0 spiro atoms. The number of ketones is 1. The van der Waals surface area contributed by atoms with Gasteiger partial charge in [-0.3, -0.25) is 14.2 Å². The molecule has 1 aliphatic heterocycles. The van der Waals surface area contributed by atoms with Crippen molar-refractivity contribution in [1.82, 2.24) is 4.57 Å². The summed E-state index contributed by atoms with van der Waals surface area (Å²) >= 11 is 2.88. The normalized spacial score (nSPS) is 17.9. The summed E-state index contributed by atoms with van der Waals surface area (Å²) in [6, 6.07) is 11.7. The van der Waals surface area contributed by atoms with Crippen LogP contribution in [0.25, 0.3) is 10.6 Å². The summed E-state index contributed by atoms with van der Waals surface area (Å²) in [6.07, 6.45) is 2.23. The quantitative estimate of drug-likeness (QED) is 0.623. The van der Waals surface area contributed by atoms with Crippen molar-refractivity contribution in [3.8, 4) is 5.75 Å². The van der Waals surface area contributed by atoms with Gasteiger partial charge in [0.2, 0.25) is 0 Å². The van der Waals surface area contributed by atoms with E-state index in [9.17, 15) is 9.59 Å². The maximum Gasteiger partial charge on any atom is 0.272 e. The number of Topliss-reactive ketones (excluding diaryl/α,β-unsaturated/α-hetero) is 1. The molecule has 2 aromatic carbocycles. The van der Waals surface area contributed by atoms with Crippen LogP contribution in [0.2, 0.25) is 0 Å². The number of benzene rings is 2. The molecule has 0 radical (unpaired) electrons. The highest BCUT2D eigenvalue weighted by atomic mass is 32.2. The second kappa shape index (κ2) is 7.59. The van der Waals surface area contributed by atoms with Crippen LogP contribution in [0.15, 0.2) is 58.7 Å². The molecule has 0 unspecified atom stereocenters. The van der Waals surface area contributed by atoms with Crippen LogP contribution in [-0.4, -0.2) is 17.5 Å². The van der Waals surface area contributed by atoms with Crippen LogP contribution in [0.5, 0.6) is 5.75 Å². The fourth-order valence-electron chi connectivity index (χ4n) is 3.95. The first-order chi connectivity index (χ1) is 15.0. The zero-order chi connectivity index (χ0) is 21.7. The maximum atomic E-state index is 13.3. The molecule has 7 heteroatoms. The minimum atomic E-state index is -0.109. The number of aromatic nitrogens is 1. The fraction of sp³-hybridized carbons (Fsp3) is 0.167. The van der Waals surface area contributed by atoms with Crippen LogP contribution in [0, 0.1) is 6.92 Å². The smallest absolute Gasteiger partial charge is 0.272 e. The van der Waals surface area contributed by atoms with Crippen LogP contribution >= 0.6 is 23.1 Å². The van der Waals surface area contributed by atoms with Gasteiger partial charge in [-0.1, -0.05) is 41.6 Å². The molecular formula is C24H20N2O3S2. The third-order valence-electron chi connectivity index (χ3n) is 5.46. The minimum Gasteiger partial charge on any atom is -0.497 e. The summed E-state index contributed by atoms with van der Waals surface area (Å²) in [4.78, 5) is 27.5. The monoisotopic (exact) mass is 448 g/mol. The second-order valence-electron chi connectivity index (χ2n) is 7.50. The van der Waals surface area contributed by atoms with Gasteiger partial charge in [-0.05, 0) is 30.7 Å². The van der Waals surface area contributed by atoms with Gasteiger partial charge in [0, 0.05) is 29.0 Å². The van der Waals surface area contributed by atoms with Gasteiger partial charge < -0.3 is 10.1 Å². The molecule has 0 bridgehead atoms. The second-order valence-corrected chi connectivity index (χ2v) is 9.56. The first kappa shape index (κ1) is 19.9. The topological polar surface area (TPSA) is 60.3 Å². The number of nitrogens with one attached hydrogen (secondary N) is 1. The Labute approximate surface area is 187 Å². The number of methoxy groups -OCH3 is 1. The van der Waals surface area contributed by atoms with Crippen LogP contribution in [0.3, 0.4) is 0 Å². The predicted molar refractivity (Wildman–Crippen MR) is 127 cm³/mol. The molecule has 0 saturated heterocycles. The largest absolute Gasteiger partial charge is 0.497 e. The van der Waals surface area contributed by atoms with Crippen molar-refractivity contribution in [3.05, 3.63) is 85.3 Å². The number of hydrogen-bond acceptors (Lipinski definition) is 6. The van der Waals surface area contributed by atoms with Gasteiger partial charge in [-0.2, -0.15) is 0 Å². The SMILES string of the molecule is C=CCn1c(=O)/c(=C2/Nc3ccc(OC)cc3S2)s/c1=C1/Cc2cc(C)ccc2C1=O. The van der Waals surface area contributed by atoms with Gasteiger partial charge in [0.05, 0.1) is 12.8 Å². The lowest BCUT2D eigenvalue weighted by Crippen LogP contribution is -2.33. The molecule has 0 saturated carbocycles. The summed E-state index contributed by atoms with van der Waals surface area (Å²) in [7, 11) is 1.63. The minimum absolute atomic E-state index is 0.00525. The number of thioether (sulfide) groups is 1. The van der Waals surface area contributed by atoms with Crippen LogP contribution in [-0.2, 0) is 13.0 Å². The van der Waals surface area contributed by atoms with E-state index >= 15 is 0 Å². The van der Waals surface area contributed by atoms with Crippen molar-refractivity contribution in [2.45, 2.75) is 24.8 Å². The van der Waals surface area contributed by atoms with Gasteiger partial charge in [0.25, 0.3) is 5.56 Å². The van der Waals surface area contributed by atoms with Crippen molar-refractivity contribution >= 4 is 45.2 Å². The summed E-state index contributed by atoms with van der Waals surface area (Å²) in [6.45, 7) is 6.18. The van der Waals surface area contributed by atoms with E-state index < -0.39 is 0 Å². The lowest BCUT2D eigenvalue weighted by Gasteiger charge is -2.01. The third-order valence-corrected chi connectivity index (χ3v) is 7.90. The number of fused-ring (bicyclic) bond motifs is 2. The van der Waals surface area contributed by atoms with E-state index in [1.165, 1.54) is 23.1 Å². The molecule has 1 aliphatic carbocycles. The predicted octanol–water partition coefficient (Wildman–Crippen LogP) is 3.29. The van der Waals surface area contributed by atoms with E-state index in [0.29, 0.717) is 27.7 Å². The van der Waals surface area contributed by atoms with Gasteiger partial charge >= 0.3 is 0 Å². The molecule has 0 atom stereocenters. The molecule has 2 heterocycles. The number of anilines is 1. The Morgan fingerprint density at radius 2 is 2.06 bits per heavy atom. The van der Waals surface area contributed by atoms with E-state index in [1.54, 1.807) is 17.8 Å². The molecule has 31 heavy (non-hydrogen) atoms. The van der Waals surface area contributed by atoms with Crippen molar-refractivity contribution in [2.24, 2.45) is 0 Å². The number of nitrogens with zero attached hydrogens (tertiary/aromatic N) is 1. The Balaban J connectivity index is 1.70. The number of carbonyl (C=O) groups excluding carboxylic acids is 1. The Morgan fingerprint density at radius 1 is 1.23 bits per heavy atom. The van der Waals surface area contributed by atoms with E-state index in [0.717, 1.165) is 38.1 Å². The number of carbonyl (C=O) groups is 1. The molecule has 3 aromatic rings. The number of hydrogen-bond donors (Lipinski definition) is 1. The van der Waals surface area contributed by atoms with E-state index in [2.05, 4.69) is 18.0 Å². The summed E-state index contributed by atoms with van der Waals surface area (Å²) < 4.78 is 8.29. The zero-order valence-electron chi connectivity index (χ0n) is 17.2. The third kappa shape index (κ3) is 3.25. The molecule has 2 aliphatic rings. The lowest BCUT2D eigenvalue weighted by atomic mass is 10.1.